The number of halogens is 3. The Kier molecular flexibility index (Phi) is 3.86. The van der Waals surface area contributed by atoms with Gasteiger partial charge in [-0.15, -0.1) is 0 Å². The molecule has 0 saturated carbocycles. The molecule has 2 N–H and O–H groups in total. The Hall–Kier alpha value is -4.20. The van der Waals surface area contributed by atoms with E-state index in [0.29, 0.717) is 5.52 Å². The highest BCUT2D eigenvalue weighted by atomic mass is 19.4. The normalized spacial score (nSPS) is 11.7. The maximum absolute atomic E-state index is 12.9. The monoisotopic (exact) mass is 399 g/mol. The molecule has 0 saturated heterocycles. The number of benzene rings is 2. The van der Waals surface area contributed by atoms with Crippen LogP contribution in [-0.2, 0) is 6.18 Å². The molecule has 2 heterocycles. The Morgan fingerprint density at radius 3 is 2.52 bits per heavy atom. The van der Waals surface area contributed by atoms with Crippen LogP contribution in [0.2, 0.25) is 0 Å². The topological polar surface area (TPSA) is 128 Å². The van der Waals surface area contributed by atoms with Crippen molar-refractivity contribution >= 4 is 27.6 Å². The summed E-state index contributed by atoms with van der Waals surface area (Å²) in [6.45, 7) is 0. The summed E-state index contributed by atoms with van der Waals surface area (Å²) in [5, 5.41) is 20.8. The van der Waals surface area contributed by atoms with Crippen molar-refractivity contribution in [2.24, 2.45) is 0 Å². The summed E-state index contributed by atoms with van der Waals surface area (Å²) >= 11 is 0. The predicted molar refractivity (Wildman–Crippen MR) is 96.0 cm³/mol. The zero-order chi connectivity index (χ0) is 20.9. The average Bonchev–Trinajstić information content (AvgIpc) is 3.04. The molecule has 4 aromatic rings. The number of rotatable bonds is 2. The SMILES string of the molecule is N#Cc1ccc2[nH]c(-c3nc4ccc(C(F)(F)F)cc4[nH]c3=O)c([N+](=O)[O-])c2c1. The number of alkyl halides is 3. The van der Waals surface area contributed by atoms with E-state index in [0.717, 1.165) is 18.2 Å². The molecular weight excluding hydrogens is 391 g/mol. The molecule has 2 aromatic carbocycles. The van der Waals surface area contributed by atoms with E-state index in [1.165, 1.54) is 18.2 Å². The van der Waals surface area contributed by atoms with Crippen LogP contribution in [0.5, 0.6) is 0 Å². The smallest absolute Gasteiger partial charge is 0.347 e. The van der Waals surface area contributed by atoms with Gasteiger partial charge >= 0.3 is 11.9 Å². The Bertz CT molecular complexity index is 1410. The van der Waals surface area contributed by atoms with E-state index in [4.69, 9.17) is 5.26 Å². The van der Waals surface area contributed by atoms with Crippen molar-refractivity contribution in [2.45, 2.75) is 6.18 Å². The van der Waals surface area contributed by atoms with Crippen LogP contribution >= 0.6 is 0 Å². The summed E-state index contributed by atoms with van der Waals surface area (Å²) < 4.78 is 38.6. The lowest BCUT2D eigenvalue weighted by atomic mass is 10.1. The molecule has 0 aliphatic carbocycles. The van der Waals surface area contributed by atoms with Crippen LogP contribution in [0.1, 0.15) is 11.1 Å². The fourth-order valence-electron chi connectivity index (χ4n) is 3.04. The number of hydrogen-bond donors (Lipinski definition) is 2. The van der Waals surface area contributed by atoms with Crippen LogP contribution < -0.4 is 5.56 Å². The third kappa shape index (κ3) is 2.96. The Morgan fingerprint density at radius 2 is 1.86 bits per heavy atom. The van der Waals surface area contributed by atoms with Gasteiger partial charge in [0.25, 0.3) is 5.56 Å². The highest BCUT2D eigenvalue weighted by Crippen LogP contribution is 2.36. The van der Waals surface area contributed by atoms with E-state index >= 15 is 0 Å². The van der Waals surface area contributed by atoms with E-state index in [9.17, 15) is 28.1 Å². The molecule has 144 valence electrons. The molecule has 0 radical (unpaired) electrons. The zero-order valence-electron chi connectivity index (χ0n) is 14.2. The number of H-pyrrole nitrogens is 2. The molecule has 8 nitrogen and oxygen atoms in total. The van der Waals surface area contributed by atoms with E-state index in [-0.39, 0.29) is 33.4 Å². The summed E-state index contributed by atoms with van der Waals surface area (Å²) in [5.74, 6) is 0. The molecule has 0 bridgehead atoms. The second-order valence-corrected chi connectivity index (χ2v) is 6.12. The second kappa shape index (κ2) is 6.16. The maximum Gasteiger partial charge on any atom is 0.416 e. The van der Waals surface area contributed by atoms with Gasteiger partial charge in [0.05, 0.1) is 44.1 Å². The van der Waals surface area contributed by atoms with Gasteiger partial charge in [-0.05, 0) is 36.4 Å². The first-order chi connectivity index (χ1) is 13.7. The Labute approximate surface area is 158 Å². The van der Waals surface area contributed by atoms with Crippen molar-refractivity contribution in [3.05, 3.63) is 68.0 Å². The number of aromatic nitrogens is 3. The molecule has 29 heavy (non-hydrogen) atoms. The van der Waals surface area contributed by atoms with E-state index in [1.807, 2.05) is 6.07 Å². The van der Waals surface area contributed by atoms with Gasteiger partial charge in [0, 0.05) is 0 Å². The Morgan fingerprint density at radius 1 is 1.10 bits per heavy atom. The number of nitrogens with one attached hydrogen (secondary N) is 2. The summed E-state index contributed by atoms with van der Waals surface area (Å²) in [5.41, 5.74) is -2.51. The molecule has 0 aliphatic rings. The van der Waals surface area contributed by atoms with Crippen molar-refractivity contribution in [2.75, 3.05) is 0 Å². The minimum Gasteiger partial charge on any atom is -0.347 e. The highest BCUT2D eigenvalue weighted by Gasteiger charge is 2.31. The van der Waals surface area contributed by atoms with Crippen molar-refractivity contribution in [1.82, 2.24) is 15.0 Å². The second-order valence-electron chi connectivity index (χ2n) is 6.12. The van der Waals surface area contributed by atoms with E-state index in [2.05, 4.69) is 15.0 Å². The van der Waals surface area contributed by atoms with Crippen molar-refractivity contribution in [3.63, 3.8) is 0 Å². The standard InChI is InChI=1S/C18H8F3N5O3/c19-18(20,21)9-2-4-12-13(6-9)25-17(27)15(24-12)14-16(26(28)29)10-5-8(7-22)1-3-11(10)23-14/h1-6,23H,(H,25,27). The van der Waals surface area contributed by atoms with Crippen molar-refractivity contribution < 1.29 is 18.1 Å². The van der Waals surface area contributed by atoms with Crippen molar-refractivity contribution in [3.8, 4) is 17.5 Å². The summed E-state index contributed by atoms with van der Waals surface area (Å²) in [4.78, 5) is 32.5. The van der Waals surface area contributed by atoms with Crippen molar-refractivity contribution in [1.29, 1.82) is 5.26 Å². The Balaban J connectivity index is 1.99. The first-order valence-electron chi connectivity index (χ1n) is 8.01. The van der Waals surface area contributed by atoms with Gasteiger partial charge in [0.1, 0.15) is 5.69 Å². The van der Waals surface area contributed by atoms with Gasteiger partial charge in [-0.3, -0.25) is 14.9 Å². The zero-order valence-corrected chi connectivity index (χ0v) is 14.2. The van der Waals surface area contributed by atoms with Crippen LogP contribution in [0, 0.1) is 21.4 Å². The van der Waals surface area contributed by atoms with E-state index in [1.54, 1.807) is 0 Å². The van der Waals surface area contributed by atoms with Gasteiger partial charge in [-0.1, -0.05) is 0 Å². The molecule has 0 amide bonds. The molecular formula is C18H8F3N5O3. The lowest BCUT2D eigenvalue weighted by molar-refractivity contribution is -0.382. The first kappa shape index (κ1) is 18.2. The number of aromatic amines is 2. The van der Waals surface area contributed by atoms with Crippen LogP contribution in [0.3, 0.4) is 0 Å². The fourth-order valence-corrected chi connectivity index (χ4v) is 3.04. The van der Waals surface area contributed by atoms with Crippen LogP contribution in [-0.4, -0.2) is 19.9 Å². The minimum absolute atomic E-state index is 0.0262. The highest BCUT2D eigenvalue weighted by molar-refractivity contribution is 5.98. The number of nitro groups is 1. The average molecular weight is 399 g/mol. The van der Waals surface area contributed by atoms with Gasteiger partial charge < -0.3 is 9.97 Å². The summed E-state index contributed by atoms with van der Waals surface area (Å²) in [6, 6.07) is 8.69. The molecule has 0 aliphatic heterocycles. The minimum atomic E-state index is -4.60. The lowest BCUT2D eigenvalue weighted by Gasteiger charge is -2.07. The predicted octanol–water partition coefficient (Wildman–Crippen LogP) is 3.87. The maximum atomic E-state index is 12.9. The molecule has 0 atom stereocenters. The largest absolute Gasteiger partial charge is 0.416 e. The molecule has 11 heteroatoms. The third-order valence-corrected chi connectivity index (χ3v) is 4.34. The number of hydrogen-bond acceptors (Lipinski definition) is 5. The molecule has 0 unspecified atom stereocenters. The summed E-state index contributed by atoms with van der Waals surface area (Å²) in [7, 11) is 0. The number of fused-ring (bicyclic) bond motifs is 2. The van der Waals surface area contributed by atoms with Gasteiger partial charge in [-0.2, -0.15) is 18.4 Å². The van der Waals surface area contributed by atoms with Gasteiger partial charge in [-0.25, -0.2) is 4.98 Å². The van der Waals surface area contributed by atoms with Crippen LogP contribution in [0.15, 0.2) is 41.2 Å². The van der Waals surface area contributed by atoms with Gasteiger partial charge in [0.15, 0.2) is 5.69 Å². The third-order valence-electron chi connectivity index (χ3n) is 4.34. The van der Waals surface area contributed by atoms with Crippen LogP contribution in [0.4, 0.5) is 18.9 Å². The molecule has 0 fully saturated rings. The van der Waals surface area contributed by atoms with E-state index < -0.39 is 27.9 Å². The first-order valence-corrected chi connectivity index (χ1v) is 8.01. The summed E-state index contributed by atoms with van der Waals surface area (Å²) in [6.07, 6.45) is -4.60. The lowest BCUT2D eigenvalue weighted by Crippen LogP contribution is -2.13. The molecule has 4 rings (SSSR count). The molecule has 2 aromatic heterocycles. The quantitative estimate of drug-likeness (QED) is 0.391. The fraction of sp³-hybridized carbons (Fsp3) is 0.0556. The molecule has 0 spiro atoms. The number of nitriles is 1. The van der Waals surface area contributed by atoms with Gasteiger partial charge in [0.2, 0.25) is 0 Å². The van der Waals surface area contributed by atoms with Crippen LogP contribution in [0.25, 0.3) is 33.3 Å². The number of nitrogens with zero attached hydrogens (tertiary/aromatic N) is 3.